The maximum absolute atomic E-state index is 12.7. The molecule has 0 saturated heterocycles. The van der Waals surface area contributed by atoms with E-state index in [9.17, 15) is 9.59 Å². The van der Waals surface area contributed by atoms with Gasteiger partial charge in [0, 0.05) is 5.57 Å². The van der Waals surface area contributed by atoms with Gasteiger partial charge in [0.25, 0.3) is 0 Å². The highest BCUT2D eigenvalue weighted by molar-refractivity contribution is 5.93. The van der Waals surface area contributed by atoms with E-state index in [0.29, 0.717) is 11.8 Å². The summed E-state index contributed by atoms with van der Waals surface area (Å²) in [4.78, 5) is 25.3. The Labute approximate surface area is 192 Å². The first-order chi connectivity index (χ1) is 14.6. The van der Waals surface area contributed by atoms with Crippen molar-refractivity contribution in [3.63, 3.8) is 0 Å². The first-order valence-corrected chi connectivity index (χ1v) is 12.7. The van der Waals surface area contributed by atoms with Crippen LogP contribution in [0.25, 0.3) is 0 Å². The quantitative estimate of drug-likeness (QED) is 0.174. The average Bonchev–Trinajstić information content (AvgIpc) is 2.72. The molecule has 0 amide bonds. The standard InChI is InChI=1S/C27H50O4/c1-10-14-16-22(12-3)25(19(5)6)30-24(28)18-21(9)27(29)31-26(20(7)8)23(13-4)17-15-11-2/h19-20,22-23,25-26H,9-18H2,1-8H3. The lowest BCUT2D eigenvalue weighted by Crippen LogP contribution is -2.33. The van der Waals surface area contributed by atoms with Crippen LogP contribution in [0.4, 0.5) is 0 Å². The average molecular weight is 439 g/mol. The van der Waals surface area contributed by atoms with Crippen LogP contribution in [-0.2, 0) is 19.1 Å². The summed E-state index contributed by atoms with van der Waals surface area (Å²) in [6, 6.07) is 0. The van der Waals surface area contributed by atoms with Crippen LogP contribution in [0.5, 0.6) is 0 Å². The molecular formula is C27H50O4. The van der Waals surface area contributed by atoms with E-state index in [2.05, 4.69) is 62.0 Å². The second-order valence-electron chi connectivity index (χ2n) is 9.71. The lowest BCUT2D eigenvalue weighted by atomic mass is 9.87. The molecule has 0 bridgehead atoms. The molecule has 0 aliphatic rings. The van der Waals surface area contributed by atoms with Gasteiger partial charge in [-0.1, -0.05) is 87.7 Å². The SMILES string of the molecule is C=C(CC(=O)OC(C(C)C)C(CC)CCCC)C(=O)OC(C(C)C)C(CC)CCCC. The van der Waals surface area contributed by atoms with Gasteiger partial charge in [-0.05, 0) is 49.4 Å². The third-order valence-corrected chi connectivity index (χ3v) is 6.31. The molecule has 0 N–H and O–H groups in total. The second kappa shape index (κ2) is 16.3. The molecule has 0 aliphatic heterocycles. The molecule has 0 rings (SSSR count). The molecule has 4 nitrogen and oxygen atoms in total. The minimum Gasteiger partial charge on any atom is -0.462 e. The maximum atomic E-state index is 12.7. The number of hydrogen-bond acceptors (Lipinski definition) is 4. The van der Waals surface area contributed by atoms with Gasteiger partial charge in [0.2, 0.25) is 0 Å². The smallest absolute Gasteiger partial charge is 0.334 e. The van der Waals surface area contributed by atoms with Gasteiger partial charge in [0.15, 0.2) is 0 Å². The van der Waals surface area contributed by atoms with Crippen molar-refractivity contribution >= 4 is 11.9 Å². The number of unbranched alkanes of at least 4 members (excludes halogenated alkanes) is 2. The van der Waals surface area contributed by atoms with E-state index >= 15 is 0 Å². The van der Waals surface area contributed by atoms with Crippen molar-refractivity contribution in [1.82, 2.24) is 0 Å². The van der Waals surface area contributed by atoms with Crippen LogP contribution in [0.1, 0.15) is 113 Å². The van der Waals surface area contributed by atoms with Gasteiger partial charge in [0.05, 0.1) is 6.42 Å². The van der Waals surface area contributed by atoms with Crippen molar-refractivity contribution in [2.75, 3.05) is 0 Å². The summed E-state index contributed by atoms with van der Waals surface area (Å²) in [5.74, 6) is 0.287. The third kappa shape index (κ3) is 11.2. The fraction of sp³-hybridized carbons (Fsp3) is 0.852. The Balaban J connectivity index is 5.01. The van der Waals surface area contributed by atoms with Crippen LogP contribution in [0.15, 0.2) is 12.2 Å². The summed E-state index contributed by atoms with van der Waals surface area (Å²) in [6.45, 7) is 20.8. The molecule has 0 aliphatic carbocycles. The summed E-state index contributed by atoms with van der Waals surface area (Å²) in [6.07, 6.45) is 8.17. The highest BCUT2D eigenvalue weighted by Crippen LogP contribution is 2.28. The summed E-state index contributed by atoms with van der Waals surface area (Å²) in [5.41, 5.74) is 0.185. The van der Waals surface area contributed by atoms with Gasteiger partial charge in [0.1, 0.15) is 12.2 Å². The highest BCUT2D eigenvalue weighted by atomic mass is 16.6. The minimum absolute atomic E-state index is 0.108. The monoisotopic (exact) mass is 438 g/mol. The van der Waals surface area contributed by atoms with E-state index in [1.807, 2.05) is 0 Å². The highest BCUT2D eigenvalue weighted by Gasteiger charge is 2.30. The molecule has 31 heavy (non-hydrogen) atoms. The number of rotatable bonds is 17. The van der Waals surface area contributed by atoms with Crippen LogP contribution >= 0.6 is 0 Å². The van der Waals surface area contributed by atoms with Crippen LogP contribution in [0.3, 0.4) is 0 Å². The Morgan fingerprint density at radius 3 is 1.52 bits per heavy atom. The van der Waals surface area contributed by atoms with Gasteiger partial charge >= 0.3 is 11.9 Å². The zero-order valence-corrected chi connectivity index (χ0v) is 21.7. The van der Waals surface area contributed by atoms with E-state index in [1.165, 1.54) is 0 Å². The number of esters is 2. The van der Waals surface area contributed by atoms with Gasteiger partial charge in [-0.2, -0.15) is 0 Å². The predicted molar refractivity (Wildman–Crippen MR) is 130 cm³/mol. The third-order valence-electron chi connectivity index (χ3n) is 6.31. The fourth-order valence-electron chi connectivity index (χ4n) is 4.33. The van der Waals surface area contributed by atoms with Gasteiger partial charge < -0.3 is 9.47 Å². The molecule has 0 fully saturated rings. The summed E-state index contributed by atoms with van der Waals surface area (Å²) in [5, 5.41) is 0. The van der Waals surface area contributed by atoms with E-state index in [1.54, 1.807) is 0 Å². The lowest BCUT2D eigenvalue weighted by molar-refractivity contribution is -0.157. The molecule has 0 aromatic carbocycles. The summed E-state index contributed by atoms with van der Waals surface area (Å²) >= 11 is 0. The van der Waals surface area contributed by atoms with Crippen molar-refractivity contribution in [3.05, 3.63) is 12.2 Å². The summed E-state index contributed by atoms with van der Waals surface area (Å²) in [7, 11) is 0. The lowest BCUT2D eigenvalue weighted by Gasteiger charge is -2.30. The molecular weight excluding hydrogens is 388 g/mol. The Morgan fingerprint density at radius 1 is 0.742 bits per heavy atom. The number of carbonyl (C=O) groups is 2. The molecule has 4 heteroatoms. The first-order valence-electron chi connectivity index (χ1n) is 12.7. The van der Waals surface area contributed by atoms with Crippen LogP contribution in [-0.4, -0.2) is 24.1 Å². The van der Waals surface area contributed by atoms with E-state index < -0.39 is 5.97 Å². The van der Waals surface area contributed by atoms with Crippen LogP contribution < -0.4 is 0 Å². The summed E-state index contributed by atoms with van der Waals surface area (Å²) < 4.78 is 11.7. The Bertz CT molecular complexity index is 523. The Kier molecular flexibility index (Phi) is 15.6. The predicted octanol–water partition coefficient (Wildman–Crippen LogP) is 7.50. The van der Waals surface area contributed by atoms with Crippen molar-refractivity contribution in [1.29, 1.82) is 0 Å². The molecule has 0 aromatic heterocycles. The van der Waals surface area contributed by atoms with Crippen molar-refractivity contribution < 1.29 is 19.1 Å². The molecule has 0 radical (unpaired) electrons. The zero-order chi connectivity index (χ0) is 24.0. The van der Waals surface area contributed by atoms with Crippen LogP contribution in [0.2, 0.25) is 0 Å². The zero-order valence-electron chi connectivity index (χ0n) is 21.7. The fourth-order valence-corrected chi connectivity index (χ4v) is 4.33. The number of carbonyl (C=O) groups excluding carboxylic acids is 2. The molecule has 4 unspecified atom stereocenters. The number of hydrogen-bond donors (Lipinski definition) is 0. The van der Waals surface area contributed by atoms with Crippen molar-refractivity contribution in [3.8, 4) is 0 Å². The molecule has 0 aromatic rings. The van der Waals surface area contributed by atoms with Gasteiger partial charge in [-0.3, -0.25) is 4.79 Å². The molecule has 4 atom stereocenters. The van der Waals surface area contributed by atoms with Gasteiger partial charge in [-0.15, -0.1) is 0 Å². The van der Waals surface area contributed by atoms with E-state index in [0.717, 1.165) is 51.4 Å². The second-order valence-corrected chi connectivity index (χ2v) is 9.71. The topological polar surface area (TPSA) is 52.6 Å². The van der Waals surface area contributed by atoms with Crippen LogP contribution in [0, 0.1) is 23.7 Å². The van der Waals surface area contributed by atoms with Crippen molar-refractivity contribution in [2.24, 2.45) is 23.7 Å². The largest absolute Gasteiger partial charge is 0.462 e. The van der Waals surface area contributed by atoms with Gasteiger partial charge in [-0.25, -0.2) is 4.79 Å². The number of ether oxygens (including phenoxy) is 2. The minimum atomic E-state index is -0.468. The van der Waals surface area contributed by atoms with E-state index in [-0.39, 0.29) is 42.0 Å². The normalized spacial score (nSPS) is 15.4. The molecule has 0 saturated carbocycles. The molecule has 182 valence electrons. The first kappa shape index (κ1) is 29.7. The van der Waals surface area contributed by atoms with Crippen molar-refractivity contribution in [2.45, 2.75) is 125 Å². The Hall–Kier alpha value is -1.32. The van der Waals surface area contributed by atoms with E-state index in [4.69, 9.17) is 9.47 Å². The molecule has 0 heterocycles. The maximum Gasteiger partial charge on any atom is 0.334 e. The molecule has 0 spiro atoms. The Morgan fingerprint density at radius 2 is 1.16 bits per heavy atom.